The zero-order valence-corrected chi connectivity index (χ0v) is 11.3. The highest BCUT2D eigenvalue weighted by molar-refractivity contribution is 5.84. The van der Waals surface area contributed by atoms with E-state index in [1.165, 1.54) is 6.42 Å². The molecule has 0 spiro atoms. The fraction of sp³-hybridized carbons (Fsp3) is 0.923. The van der Waals surface area contributed by atoms with Gasteiger partial charge >= 0.3 is 0 Å². The first-order chi connectivity index (χ1) is 8.02. The monoisotopic (exact) mass is 242 g/mol. The van der Waals surface area contributed by atoms with Gasteiger partial charge in [0.15, 0.2) is 0 Å². The van der Waals surface area contributed by atoms with E-state index in [1.807, 2.05) is 0 Å². The Morgan fingerprint density at radius 3 is 2.82 bits per heavy atom. The van der Waals surface area contributed by atoms with Gasteiger partial charge in [-0.05, 0) is 24.7 Å². The molecule has 0 bridgehead atoms. The Hall–Kier alpha value is -0.610. The van der Waals surface area contributed by atoms with Crippen molar-refractivity contribution >= 4 is 5.91 Å². The van der Waals surface area contributed by atoms with Crippen LogP contribution in [-0.2, 0) is 9.53 Å². The zero-order chi connectivity index (χ0) is 12.9. The fourth-order valence-electron chi connectivity index (χ4n) is 2.75. The highest BCUT2D eigenvalue weighted by atomic mass is 16.5. The normalized spacial score (nSPS) is 29.5. The number of methoxy groups -OCH3 is 1. The first-order valence-corrected chi connectivity index (χ1v) is 6.55. The summed E-state index contributed by atoms with van der Waals surface area (Å²) in [6, 6.07) is 0. The van der Waals surface area contributed by atoms with Crippen LogP contribution in [-0.4, -0.2) is 31.7 Å². The molecule has 1 fully saturated rings. The Labute approximate surface area is 104 Å². The molecule has 2 atom stereocenters. The Morgan fingerprint density at radius 2 is 2.29 bits per heavy atom. The number of nitrogens with one attached hydrogen (secondary N) is 1. The Morgan fingerprint density at radius 1 is 1.59 bits per heavy atom. The van der Waals surface area contributed by atoms with Crippen LogP contribution in [0.15, 0.2) is 0 Å². The number of primary amides is 1. The van der Waals surface area contributed by atoms with Gasteiger partial charge in [-0.15, -0.1) is 0 Å². The van der Waals surface area contributed by atoms with Crippen LogP contribution in [0.5, 0.6) is 0 Å². The van der Waals surface area contributed by atoms with Crippen LogP contribution in [0, 0.1) is 11.8 Å². The molecule has 3 N–H and O–H groups in total. The number of hydrogen-bond donors (Lipinski definition) is 2. The highest BCUT2D eigenvalue weighted by Crippen LogP contribution is 2.36. The Kier molecular flexibility index (Phi) is 5.40. The lowest BCUT2D eigenvalue weighted by atomic mass is 9.71. The molecule has 0 aromatic rings. The maximum absolute atomic E-state index is 11.8. The van der Waals surface area contributed by atoms with Crippen LogP contribution in [0.3, 0.4) is 0 Å². The third kappa shape index (κ3) is 3.68. The van der Waals surface area contributed by atoms with Gasteiger partial charge in [0.1, 0.15) is 0 Å². The number of ether oxygens (including phenoxy) is 1. The fourth-order valence-corrected chi connectivity index (χ4v) is 2.75. The van der Waals surface area contributed by atoms with E-state index < -0.39 is 5.54 Å². The molecule has 100 valence electrons. The van der Waals surface area contributed by atoms with E-state index in [9.17, 15) is 4.79 Å². The van der Waals surface area contributed by atoms with Gasteiger partial charge in [-0.3, -0.25) is 4.79 Å². The molecule has 1 saturated carbocycles. The first-order valence-electron chi connectivity index (χ1n) is 6.55. The van der Waals surface area contributed by atoms with E-state index in [2.05, 4.69) is 19.2 Å². The van der Waals surface area contributed by atoms with Gasteiger partial charge in [-0.25, -0.2) is 0 Å². The molecule has 0 saturated heterocycles. The van der Waals surface area contributed by atoms with Gasteiger partial charge in [0.2, 0.25) is 5.91 Å². The third-order valence-electron chi connectivity index (χ3n) is 3.97. The molecule has 0 aromatic heterocycles. The van der Waals surface area contributed by atoms with Crippen molar-refractivity contribution in [2.24, 2.45) is 17.6 Å². The van der Waals surface area contributed by atoms with Crippen molar-refractivity contribution in [3.8, 4) is 0 Å². The van der Waals surface area contributed by atoms with Crippen LogP contribution in [0.4, 0.5) is 0 Å². The molecule has 2 unspecified atom stereocenters. The molecule has 0 aliphatic heterocycles. The minimum absolute atomic E-state index is 0.209. The minimum Gasteiger partial charge on any atom is -0.383 e. The van der Waals surface area contributed by atoms with E-state index >= 15 is 0 Å². The number of hydrogen-bond acceptors (Lipinski definition) is 3. The van der Waals surface area contributed by atoms with Crippen molar-refractivity contribution in [3.05, 3.63) is 0 Å². The van der Waals surface area contributed by atoms with Gasteiger partial charge in [0.05, 0.1) is 12.1 Å². The van der Waals surface area contributed by atoms with Crippen molar-refractivity contribution in [2.45, 2.75) is 45.1 Å². The van der Waals surface area contributed by atoms with Gasteiger partial charge in [0, 0.05) is 13.7 Å². The highest BCUT2D eigenvalue weighted by Gasteiger charge is 2.41. The van der Waals surface area contributed by atoms with Crippen LogP contribution in [0.2, 0.25) is 0 Å². The molecule has 0 aromatic carbocycles. The van der Waals surface area contributed by atoms with Crippen molar-refractivity contribution in [1.82, 2.24) is 5.32 Å². The van der Waals surface area contributed by atoms with Crippen molar-refractivity contribution < 1.29 is 9.53 Å². The SMILES string of the molecule is COCCNC1(C(N)=O)CCCC(C(C)C)C1. The van der Waals surface area contributed by atoms with Crippen LogP contribution < -0.4 is 11.1 Å². The lowest BCUT2D eigenvalue weighted by Crippen LogP contribution is -2.58. The zero-order valence-electron chi connectivity index (χ0n) is 11.3. The van der Waals surface area contributed by atoms with Gasteiger partial charge < -0.3 is 15.8 Å². The summed E-state index contributed by atoms with van der Waals surface area (Å²) in [4.78, 5) is 11.8. The maximum atomic E-state index is 11.8. The van der Waals surface area contributed by atoms with Crippen molar-refractivity contribution in [2.75, 3.05) is 20.3 Å². The quantitative estimate of drug-likeness (QED) is 0.690. The molecule has 17 heavy (non-hydrogen) atoms. The predicted molar refractivity (Wildman–Crippen MR) is 68.6 cm³/mol. The van der Waals surface area contributed by atoms with E-state index in [0.29, 0.717) is 25.0 Å². The topological polar surface area (TPSA) is 64.3 Å². The van der Waals surface area contributed by atoms with Crippen LogP contribution in [0.1, 0.15) is 39.5 Å². The molecule has 1 aliphatic carbocycles. The second kappa shape index (κ2) is 6.36. The molecule has 1 amide bonds. The predicted octanol–water partition coefficient (Wildman–Crippen LogP) is 1.29. The lowest BCUT2D eigenvalue weighted by Gasteiger charge is -2.40. The third-order valence-corrected chi connectivity index (χ3v) is 3.97. The summed E-state index contributed by atoms with van der Waals surface area (Å²) in [6.07, 6.45) is 4.00. The Bertz CT molecular complexity index is 256. The number of rotatable bonds is 6. The summed E-state index contributed by atoms with van der Waals surface area (Å²) < 4.78 is 5.02. The molecular formula is C13H26N2O2. The summed E-state index contributed by atoms with van der Waals surface area (Å²) in [6.45, 7) is 5.74. The van der Waals surface area contributed by atoms with Gasteiger partial charge in [-0.1, -0.05) is 26.7 Å². The Balaban J connectivity index is 2.66. The summed E-state index contributed by atoms with van der Waals surface area (Å²) >= 11 is 0. The van der Waals surface area contributed by atoms with Gasteiger partial charge in [-0.2, -0.15) is 0 Å². The lowest BCUT2D eigenvalue weighted by molar-refractivity contribution is -0.126. The summed E-state index contributed by atoms with van der Waals surface area (Å²) in [5, 5.41) is 3.32. The van der Waals surface area contributed by atoms with E-state index in [1.54, 1.807) is 7.11 Å². The molecule has 4 heteroatoms. The summed E-state index contributed by atoms with van der Waals surface area (Å²) in [5.41, 5.74) is 5.10. The summed E-state index contributed by atoms with van der Waals surface area (Å²) in [7, 11) is 1.66. The minimum atomic E-state index is -0.508. The summed E-state index contributed by atoms with van der Waals surface area (Å²) in [5.74, 6) is 0.989. The van der Waals surface area contributed by atoms with Crippen molar-refractivity contribution in [3.63, 3.8) is 0 Å². The second-order valence-electron chi connectivity index (χ2n) is 5.47. The average Bonchev–Trinajstić information content (AvgIpc) is 2.29. The number of carbonyl (C=O) groups is 1. The molecule has 1 aliphatic rings. The molecule has 1 rings (SSSR count). The molecule has 0 heterocycles. The smallest absolute Gasteiger partial charge is 0.237 e. The average molecular weight is 242 g/mol. The first kappa shape index (κ1) is 14.5. The van der Waals surface area contributed by atoms with Crippen LogP contribution in [0.25, 0.3) is 0 Å². The number of carbonyl (C=O) groups excluding carboxylic acids is 1. The standard InChI is InChI=1S/C13H26N2O2/c1-10(2)11-5-4-6-13(9-11,12(14)16)15-7-8-17-3/h10-11,15H,4-9H2,1-3H3,(H2,14,16). The second-order valence-corrected chi connectivity index (χ2v) is 5.47. The van der Waals surface area contributed by atoms with E-state index in [0.717, 1.165) is 19.3 Å². The maximum Gasteiger partial charge on any atom is 0.237 e. The number of nitrogens with two attached hydrogens (primary N) is 1. The van der Waals surface area contributed by atoms with Crippen molar-refractivity contribution in [1.29, 1.82) is 0 Å². The largest absolute Gasteiger partial charge is 0.383 e. The molecular weight excluding hydrogens is 216 g/mol. The van der Waals surface area contributed by atoms with Gasteiger partial charge in [0.25, 0.3) is 0 Å². The van der Waals surface area contributed by atoms with E-state index in [4.69, 9.17) is 10.5 Å². The number of amides is 1. The molecule has 0 radical (unpaired) electrons. The van der Waals surface area contributed by atoms with E-state index in [-0.39, 0.29) is 5.91 Å². The van der Waals surface area contributed by atoms with Crippen LogP contribution >= 0.6 is 0 Å². The molecule has 4 nitrogen and oxygen atoms in total.